The van der Waals surface area contributed by atoms with E-state index in [0.29, 0.717) is 6.04 Å². The molecule has 3 nitrogen and oxygen atoms in total. The third-order valence-electron chi connectivity index (χ3n) is 3.15. The van der Waals surface area contributed by atoms with Crippen LogP contribution in [0, 0.1) is 5.92 Å². The molecular weight excluding hydrogens is 200 g/mol. The molecule has 0 bridgehead atoms. The summed E-state index contributed by atoms with van der Waals surface area (Å²) < 4.78 is 5.62. The highest BCUT2D eigenvalue weighted by atomic mass is 16.5. The summed E-state index contributed by atoms with van der Waals surface area (Å²) in [6, 6.07) is 0.709. The summed E-state index contributed by atoms with van der Waals surface area (Å²) in [6.07, 6.45) is 3.84. The van der Waals surface area contributed by atoms with Gasteiger partial charge >= 0.3 is 0 Å². The van der Waals surface area contributed by atoms with Crippen LogP contribution in [-0.4, -0.2) is 50.8 Å². The molecule has 1 rings (SSSR count). The molecule has 0 spiro atoms. The van der Waals surface area contributed by atoms with E-state index in [0.717, 1.165) is 32.2 Å². The fourth-order valence-electron chi connectivity index (χ4n) is 2.02. The van der Waals surface area contributed by atoms with E-state index in [2.05, 4.69) is 31.1 Å². The lowest BCUT2D eigenvalue weighted by molar-refractivity contribution is 0.101. The highest BCUT2D eigenvalue weighted by Gasteiger charge is 2.15. The number of rotatable bonds is 8. The average Bonchev–Trinajstić information content (AvgIpc) is 2.69. The summed E-state index contributed by atoms with van der Waals surface area (Å²) >= 11 is 0. The van der Waals surface area contributed by atoms with Gasteiger partial charge < -0.3 is 15.0 Å². The first-order chi connectivity index (χ1) is 7.68. The molecule has 0 aromatic heterocycles. The Morgan fingerprint density at radius 2 is 2.19 bits per heavy atom. The van der Waals surface area contributed by atoms with Gasteiger partial charge in [-0.1, -0.05) is 13.8 Å². The van der Waals surface area contributed by atoms with Crippen LogP contribution >= 0.6 is 0 Å². The molecule has 1 fully saturated rings. The van der Waals surface area contributed by atoms with Crippen LogP contribution in [0.4, 0.5) is 0 Å². The van der Waals surface area contributed by atoms with Gasteiger partial charge in [0.25, 0.3) is 0 Å². The van der Waals surface area contributed by atoms with Gasteiger partial charge in [-0.2, -0.15) is 0 Å². The van der Waals surface area contributed by atoms with Crippen LogP contribution in [0.15, 0.2) is 0 Å². The van der Waals surface area contributed by atoms with E-state index in [1.165, 1.54) is 25.8 Å². The molecule has 1 aliphatic rings. The highest BCUT2D eigenvalue weighted by molar-refractivity contribution is 4.76. The summed E-state index contributed by atoms with van der Waals surface area (Å²) in [6.45, 7) is 9.67. The number of hydrogen-bond acceptors (Lipinski definition) is 3. The predicted molar refractivity (Wildman–Crippen MR) is 68.8 cm³/mol. The van der Waals surface area contributed by atoms with Gasteiger partial charge in [0, 0.05) is 25.7 Å². The standard InChI is InChI=1S/C13H28N2O/c1-12(2)6-9-16-10-8-15(3)11-13-5-4-7-14-13/h12-14H,4-11H2,1-3H3. The van der Waals surface area contributed by atoms with Crippen molar-refractivity contribution in [3.8, 4) is 0 Å². The van der Waals surface area contributed by atoms with Crippen LogP contribution in [0.1, 0.15) is 33.1 Å². The Balaban J connectivity index is 1.91. The molecule has 0 amide bonds. The highest BCUT2D eigenvalue weighted by Crippen LogP contribution is 2.05. The zero-order valence-corrected chi connectivity index (χ0v) is 11.2. The molecule has 1 unspecified atom stereocenters. The minimum atomic E-state index is 0.709. The van der Waals surface area contributed by atoms with Crippen molar-refractivity contribution in [2.24, 2.45) is 5.92 Å². The Morgan fingerprint density at radius 3 is 2.81 bits per heavy atom. The summed E-state index contributed by atoms with van der Waals surface area (Å²) in [4.78, 5) is 2.37. The van der Waals surface area contributed by atoms with E-state index in [-0.39, 0.29) is 0 Å². The van der Waals surface area contributed by atoms with Crippen molar-refractivity contribution in [3.63, 3.8) is 0 Å². The summed E-state index contributed by atoms with van der Waals surface area (Å²) in [7, 11) is 2.19. The largest absolute Gasteiger partial charge is 0.380 e. The Labute approximate surface area is 101 Å². The van der Waals surface area contributed by atoms with Gasteiger partial charge in [-0.3, -0.25) is 0 Å². The van der Waals surface area contributed by atoms with Crippen molar-refractivity contribution in [2.75, 3.05) is 39.9 Å². The first-order valence-electron chi connectivity index (χ1n) is 6.68. The first-order valence-corrected chi connectivity index (χ1v) is 6.68. The molecule has 3 heteroatoms. The number of ether oxygens (including phenoxy) is 1. The molecule has 1 saturated heterocycles. The molecule has 0 aromatic rings. The average molecular weight is 228 g/mol. The number of hydrogen-bond donors (Lipinski definition) is 1. The molecule has 1 aliphatic heterocycles. The van der Waals surface area contributed by atoms with E-state index in [1.54, 1.807) is 0 Å². The van der Waals surface area contributed by atoms with Crippen molar-refractivity contribution in [2.45, 2.75) is 39.2 Å². The Bertz CT molecular complexity index is 167. The van der Waals surface area contributed by atoms with Gasteiger partial charge in [-0.05, 0) is 38.8 Å². The summed E-state index contributed by atoms with van der Waals surface area (Å²) in [5.41, 5.74) is 0. The quantitative estimate of drug-likeness (QED) is 0.640. The summed E-state index contributed by atoms with van der Waals surface area (Å²) in [5, 5.41) is 3.52. The van der Waals surface area contributed by atoms with E-state index in [9.17, 15) is 0 Å². The fraction of sp³-hybridized carbons (Fsp3) is 1.00. The maximum absolute atomic E-state index is 5.62. The van der Waals surface area contributed by atoms with Crippen LogP contribution in [0.3, 0.4) is 0 Å². The third kappa shape index (κ3) is 6.46. The smallest absolute Gasteiger partial charge is 0.0593 e. The van der Waals surface area contributed by atoms with Crippen LogP contribution in [0.25, 0.3) is 0 Å². The van der Waals surface area contributed by atoms with E-state index >= 15 is 0 Å². The first kappa shape index (κ1) is 13.9. The zero-order chi connectivity index (χ0) is 11.8. The normalized spacial score (nSPS) is 21.2. The molecule has 1 N–H and O–H groups in total. The maximum atomic E-state index is 5.62. The second-order valence-electron chi connectivity index (χ2n) is 5.35. The zero-order valence-electron chi connectivity index (χ0n) is 11.2. The van der Waals surface area contributed by atoms with Crippen molar-refractivity contribution in [1.82, 2.24) is 10.2 Å². The number of nitrogens with zero attached hydrogens (tertiary/aromatic N) is 1. The SMILES string of the molecule is CC(C)CCOCCN(C)CC1CCCN1. The number of nitrogens with one attached hydrogen (secondary N) is 1. The molecule has 0 aliphatic carbocycles. The van der Waals surface area contributed by atoms with Gasteiger partial charge in [0.2, 0.25) is 0 Å². The monoisotopic (exact) mass is 228 g/mol. The molecule has 0 aromatic carbocycles. The molecule has 0 radical (unpaired) electrons. The van der Waals surface area contributed by atoms with Crippen molar-refractivity contribution in [1.29, 1.82) is 0 Å². The lowest BCUT2D eigenvalue weighted by Gasteiger charge is -2.20. The Hall–Kier alpha value is -0.120. The lowest BCUT2D eigenvalue weighted by atomic mass is 10.1. The Morgan fingerprint density at radius 1 is 1.38 bits per heavy atom. The molecular formula is C13H28N2O. The minimum Gasteiger partial charge on any atom is -0.380 e. The summed E-state index contributed by atoms with van der Waals surface area (Å²) in [5.74, 6) is 0.750. The molecule has 16 heavy (non-hydrogen) atoms. The van der Waals surface area contributed by atoms with E-state index < -0.39 is 0 Å². The predicted octanol–water partition coefficient (Wildman–Crippen LogP) is 1.73. The topological polar surface area (TPSA) is 24.5 Å². The van der Waals surface area contributed by atoms with Gasteiger partial charge in [0.1, 0.15) is 0 Å². The molecule has 0 saturated carbocycles. The fourth-order valence-corrected chi connectivity index (χ4v) is 2.02. The van der Waals surface area contributed by atoms with Crippen LogP contribution < -0.4 is 5.32 Å². The second kappa shape index (κ2) is 8.04. The van der Waals surface area contributed by atoms with Gasteiger partial charge in [-0.15, -0.1) is 0 Å². The second-order valence-corrected chi connectivity index (χ2v) is 5.35. The van der Waals surface area contributed by atoms with E-state index in [4.69, 9.17) is 4.74 Å². The molecule has 96 valence electrons. The van der Waals surface area contributed by atoms with Gasteiger partial charge in [-0.25, -0.2) is 0 Å². The van der Waals surface area contributed by atoms with Crippen molar-refractivity contribution >= 4 is 0 Å². The Kier molecular flexibility index (Phi) is 7.01. The molecule has 1 heterocycles. The van der Waals surface area contributed by atoms with Gasteiger partial charge in [0.15, 0.2) is 0 Å². The minimum absolute atomic E-state index is 0.709. The van der Waals surface area contributed by atoms with Crippen LogP contribution in [0.2, 0.25) is 0 Å². The van der Waals surface area contributed by atoms with Crippen LogP contribution in [-0.2, 0) is 4.74 Å². The van der Waals surface area contributed by atoms with Crippen LogP contribution in [0.5, 0.6) is 0 Å². The third-order valence-corrected chi connectivity index (χ3v) is 3.15. The van der Waals surface area contributed by atoms with Gasteiger partial charge in [0.05, 0.1) is 6.61 Å². The van der Waals surface area contributed by atoms with Crippen molar-refractivity contribution in [3.05, 3.63) is 0 Å². The number of likely N-dealkylation sites (N-methyl/N-ethyl adjacent to an activating group) is 1. The van der Waals surface area contributed by atoms with E-state index in [1.807, 2.05) is 0 Å². The lowest BCUT2D eigenvalue weighted by Crippen LogP contribution is -2.36. The molecule has 1 atom stereocenters. The van der Waals surface area contributed by atoms with Crippen molar-refractivity contribution < 1.29 is 4.74 Å². The maximum Gasteiger partial charge on any atom is 0.0593 e.